The van der Waals surface area contributed by atoms with Crippen molar-refractivity contribution in [2.75, 3.05) is 23.4 Å². The summed E-state index contributed by atoms with van der Waals surface area (Å²) in [4.78, 5) is 44.8. The highest BCUT2D eigenvalue weighted by Gasteiger charge is 2.61. The SMILES string of the molecule is Cc1nc(N[C@@H](C)c2cn(C(=O)c3ccc(Cl)cc3)cn2)nc(N2C(=O)OC3(COC3)[C@@H]2C(C)C)n1. The van der Waals surface area contributed by atoms with Gasteiger partial charge in [-0.3, -0.25) is 9.36 Å². The summed E-state index contributed by atoms with van der Waals surface area (Å²) in [6.07, 6.45) is 2.61. The van der Waals surface area contributed by atoms with E-state index >= 15 is 0 Å². The molecule has 188 valence electrons. The number of nitrogens with zero attached hydrogens (tertiary/aromatic N) is 6. The molecule has 2 fully saturated rings. The predicted octanol–water partition coefficient (Wildman–Crippen LogP) is 3.64. The highest BCUT2D eigenvalue weighted by Crippen LogP contribution is 2.41. The highest BCUT2D eigenvalue weighted by molar-refractivity contribution is 6.30. The van der Waals surface area contributed by atoms with Gasteiger partial charge >= 0.3 is 6.09 Å². The maximum Gasteiger partial charge on any atom is 0.417 e. The summed E-state index contributed by atoms with van der Waals surface area (Å²) in [6, 6.07) is 6.05. The Labute approximate surface area is 212 Å². The number of benzene rings is 1. The second kappa shape index (κ2) is 9.14. The van der Waals surface area contributed by atoms with E-state index in [0.29, 0.717) is 35.3 Å². The first kappa shape index (κ1) is 24.1. The third-order valence-corrected chi connectivity index (χ3v) is 6.55. The zero-order chi connectivity index (χ0) is 25.6. The molecule has 1 aromatic carbocycles. The molecule has 1 spiro atoms. The Hall–Kier alpha value is -3.57. The van der Waals surface area contributed by atoms with E-state index < -0.39 is 11.7 Å². The van der Waals surface area contributed by atoms with Crippen LogP contribution in [0.25, 0.3) is 0 Å². The van der Waals surface area contributed by atoms with Crippen LogP contribution in [0.5, 0.6) is 0 Å². The molecule has 2 aliphatic rings. The molecule has 0 radical (unpaired) electrons. The van der Waals surface area contributed by atoms with Gasteiger partial charge in [-0.1, -0.05) is 25.4 Å². The zero-order valence-corrected chi connectivity index (χ0v) is 21.1. The normalized spacial score (nSPS) is 19.3. The van der Waals surface area contributed by atoms with Gasteiger partial charge in [0.15, 0.2) is 5.60 Å². The van der Waals surface area contributed by atoms with Gasteiger partial charge in [-0.05, 0) is 44.0 Å². The molecule has 2 aromatic heterocycles. The molecule has 0 saturated carbocycles. The monoisotopic (exact) mass is 511 g/mol. The number of anilines is 2. The Bertz CT molecular complexity index is 1310. The molecule has 5 rings (SSSR count). The molecular weight excluding hydrogens is 486 g/mol. The van der Waals surface area contributed by atoms with Crippen molar-refractivity contribution in [3.63, 3.8) is 0 Å². The van der Waals surface area contributed by atoms with Crippen LogP contribution in [-0.4, -0.2) is 61.4 Å². The number of nitrogens with one attached hydrogen (secondary N) is 1. The number of hydrogen-bond donors (Lipinski definition) is 1. The van der Waals surface area contributed by atoms with Crippen molar-refractivity contribution in [1.29, 1.82) is 0 Å². The second-order valence-corrected chi connectivity index (χ2v) is 9.81. The predicted molar refractivity (Wildman–Crippen MR) is 131 cm³/mol. The van der Waals surface area contributed by atoms with Crippen LogP contribution in [-0.2, 0) is 9.47 Å². The Morgan fingerprint density at radius 2 is 1.89 bits per heavy atom. The third-order valence-electron chi connectivity index (χ3n) is 6.30. The summed E-state index contributed by atoms with van der Waals surface area (Å²) < 4.78 is 12.5. The highest BCUT2D eigenvalue weighted by atomic mass is 35.5. The molecule has 4 heterocycles. The van der Waals surface area contributed by atoms with Crippen molar-refractivity contribution in [1.82, 2.24) is 24.5 Å². The van der Waals surface area contributed by atoms with Crippen molar-refractivity contribution in [3.8, 4) is 0 Å². The number of amides is 1. The molecule has 1 N–H and O–H groups in total. The van der Waals surface area contributed by atoms with Crippen LogP contribution in [0.2, 0.25) is 5.02 Å². The molecular formula is C24H26ClN7O4. The van der Waals surface area contributed by atoms with Crippen molar-refractivity contribution in [2.24, 2.45) is 5.92 Å². The van der Waals surface area contributed by atoms with Crippen LogP contribution in [0.1, 0.15) is 48.7 Å². The number of halogens is 1. The third kappa shape index (κ3) is 4.28. The minimum atomic E-state index is -0.684. The Kier molecular flexibility index (Phi) is 6.13. The van der Waals surface area contributed by atoms with Gasteiger partial charge in [-0.15, -0.1) is 0 Å². The van der Waals surface area contributed by atoms with E-state index in [1.807, 2.05) is 20.8 Å². The van der Waals surface area contributed by atoms with Crippen molar-refractivity contribution < 1.29 is 19.1 Å². The summed E-state index contributed by atoms with van der Waals surface area (Å²) in [5.74, 6) is 0.809. The molecule has 2 saturated heterocycles. The maximum absolute atomic E-state index is 12.8. The van der Waals surface area contributed by atoms with Gasteiger partial charge < -0.3 is 14.8 Å². The Balaban J connectivity index is 1.36. The number of rotatable bonds is 6. The van der Waals surface area contributed by atoms with E-state index in [4.69, 9.17) is 21.1 Å². The summed E-state index contributed by atoms with van der Waals surface area (Å²) in [5, 5.41) is 3.76. The fourth-order valence-electron chi connectivity index (χ4n) is 4.60. The summed E-state index contributed by atoms with van der Waals surface area (Å²) in [5.41, 5.74) is 0.424. The van der Waals surface area contributed by atoms with Crippen LogP contribution in [0.4, 0.5) is 16.7 Å². The van der Waals surface area contributed by atoms with Crippen LogP contribution in [0.15, 0.2) is 36.8 Å². The lowest BCUT2D eigenvalue weighted by atomic mass is 9.84. The molecule has 2 atom stereocenters. The lowest BCUT2D eigenvalue weighted by molar-refractivity contribution is -0.174. The maximum atomic E-state index is 12.8. The van der Waals surface area contributed by atoms with E-state index in [-0.39, 0.29) is 35.8 Å². The van der Waals surface area contributed by atoms with Gasteiger partial charge in [-0.2, -0.15) is 15.0 Å². The van der Waals surface area contributed by atoms with Crippen molar-refractivity contribution in [2.45, 2.75) is 45.4 Å². The number of carbonyl (C=O) groups excluding carboxylic acids is 2. The van der Waals surface area contributed by atoms with E-state index in [0.717, 1.165) is 0 Å². The van der Waals surface area contributed by atoms with Gasteiger partial charge in [0.05, 0.1) is 31.0 Å². The minimum Gasteiger partial charge on any atom is -0.435 e. The fourth-order valence-corrected chi connectivity index (χ4v) is 4.72. The number of aryl methyl sites for hydroxylation is 1. The van der Waals surface area contributed by atoms with Crippen molar-refractivity contribution in [3.05, 3.63) is 58.9 Å². The lowest BCUT2D eigenvalue weighted by Gasteiger charge is -2.42. The van der Waals surface area contributed by atoms with E-state index in [9.17, 15) is 9.59 Å². The smallest absolute Gasteiger partial charge is 0.417 e. The molecule has 12 heteroatoms. The fraction of sp³-hybridized carbons (Fsp3) is 0.417. The molecule has 36 heavy (non-hydrogen) atoms. The first-order chi connectivity index (χ1) is 17.2. The minimum absolute atomic E-state index is 0.0925. The molecule has 0 aliphatic carbocycles. The van der Waals surface area contributed by atoms with Gasteiger partial charge in [0.2, 0.25) is 11.9 Å². The molecule has 0 unspecified atom stereocenters. The number of aromatic nitrogens is 5. The lowest BCUT2D eigenvalue weighted by Crippen LogP contribution is -2.61. The molecule has 0 bridgehead atoms. The number of carbonyl (C=O) groups is 2. The first-order valence-corrected chi connectivity index (χ1v) is 12.0. The van der Waals surface area contributed by atoms with Crippen LogP contribution in [0.3, 0.4) is 0 Å². The van der Waals surface area contributed by atoms with E-state index in [1.54, 1.807) is 37.4 Å². The first-order valence-electron chi connectivity index (χ1n) is 11.6. The standard InChI is InChI=1S/C24H26ClN7O4/c1-13(2)19-24(10-35-11-24)36-23(34)32(19)22-29-15(4)28-21(30-22)27-14(3)18-9-31(12-26-18)20(33)16-5-7-17(25)8-6-16/h5-9,12-14,19H,10-11H2,1-4H3,(H,27,28,29,30)/t14-,19-/m0/s1. The van der Waals surface area contributed by atoms with Gasteiger partial charge in [0.1, 0.15) is 12.2 Å². The van der Waals surface area contributed by atoms with Crippen molar-refractivity contribution >= 4 is 35.5 Å². The second-order valence-electron chi connectivity index (χ2n) is 9.37. The largest absolute Gasteiger partial charge is 0.435 e. The van der Waals surface area contributed by atoms with Gasteiger partial charge in [0, 0.05) is 16.8 Å². The average molecular weight is 512 g/mol. The van der Waals surface area contributed by atoms with Crippen LogP contribution < -0.4 is 10.2 Å². The topological polar surface area (TPSA) is 124 Å². The summed E-state index contributed by atoms with van der Waals surface area (Å²) >= 11 is 5.92. The quantitative estimate of drug-likeness (QED) is 0.528. The zero-order valence-electron chi connectivity index (χ0n) is 20.3. The summed E-state index contributed by atoms with van der Waals surface area (Å²) in [6.45, 7) is 8.35. The van der Waals surface area contributed by atoms with Crippen LogP contribution in [0, 0.1) is 12.8 Å². The Morgan fingerprint density at radius 1 is 1.17 bits per heavy atom. The number of hydrogen-bond acceptors (Lipinski definition) is 9. The molecule has 11 nitrogen and oxygen atoms in total. The summed E-state index contributed by atoms with van der Waals surface area (Å²) in [7, 11) is 0. The molecule has 1 amide bonds. The van der Waals surface area contributed by atoms with Gasteiger partial charge in [0.25, 0.3) is 5.91 Å². The van der Waals surface area contributed by atoms with Gasteiger partial charge in [-0.25, -0.2) is 14.7 Å². The molecule has 2 aliphatic heterocycles. The number of imidazole rings is 1. The van der Waals surface area contributed by atoms with E-state index in [2.05, 4.69) is 25.3 Å². The van der Waals surface area contributed by atoms with E-state index in [1.165, 1.54) is 15.8 Å². The molecule has 3 aromatic rings. The Morgan fingerprint density at radius 3 is 2.53 bits per heavy atom. The number of ether oxygens (including phenoxy) is 2. The van der Waals surface area contributed by atoms with Crippen LogP contribution >= 0.6 is 11.6 Å². The average Bonchev–Trinajstić information content (AvgIpc) is 3.42.